The first-order chi connectivity index (χ1) is 17.1. The van der Waals surface area contributed by atoms with Crippen LogP contribution in [0.25, 0.3) is 71.2 Å². The molecule has 8 aromatic rings. The molecule has 0 bridgehead atoms. The Kier molecular flexibility index (Phi) is 2.93. The Morgan fingerprint density at radius 3 is 2.31 bits per heavy atom. The molecule has 2 nitrogen and oxygen atoms in total. The van der Waals surface area contributed by atoms with Crippen molar-refractivity contribution in [2.75, 3.05) is 0 Å². The minimum absolute atomic E-state index is 0.0996. The highest BCUT2D eigenvalue weighted by atomic mass is 16.3. The van der Waals surface area contributed by atoms with E-state index in [2.05, 4.69) is 109 Å². The molecular weight excluding hydrogens is 426 g/mol. The van der Waals surface area contributed by atoms with Gasteiger partial charge >= 0.3 is 0 Å². The van der Waals surface area contributed by atoms with E-state index >= 15 is 0 Å². The number of para-hydroxylation sites is 2. The van der Waals surface area contributed by atoms with Crippen molar-refractivity contribution in [2.45, 2.75) is 19.3 Å². The molecule has 164 valence electrons. The minimum atomic E-state index is -0.0996. The highest BCUT2D eigenvalue weighted by Crippen LogP contribution is 2.55. The van der Waals surface area contributed by atoms with Crippen LogP contribution in [0.4, 0.5) is 0 Å². The zero-order valence-electron chi connectivity index (χ0n) is 19.5. The largest absolute Gasteiger partial charge is 0.455 e. The maximum atomic E-state index is 6.66. The van der Waals surface area contributed by atoms with Crippen LogP contribution < -0.4 is 0 Å². The van der Waals surface area contributed by atoms with Crippen molar-refractivity contribution in [3.8, 4) is 11.1 Å². The maximum Gasteiger partial charge on any atom is 0.145 e. The summed E-state index contributed by atoms with van der Waals surface area (Å²) in [5, 5.41) is 7.56. The Balaban J connectivity index is 1.65. The van der Waals surface area contributed by atoms with Crippen LogP contribution in [0.15, 0.2) is 95.4 Å². The molecule has 0 atom stereocenters. The van der Waals surface area contributed by atoms with Crippen molar-refractivity contribution >= 4 is 60.0 Å². The average molecular weight is 448 g/mol. The van der Waals surface area contributed by atoms with Gasteiger partial charge in [0.2, 0.25) is 0 Å². The zero-order valence-corrected chi connectivity index (χ0v) is 19.5. The third-order valence-electron chi connectivity index (χ3n) is 8.49. The van der Waals surface area contributed by atoms with E-state index in [-0.39, 0.29) is 5.41 Å². The Hall–Kier alpha value is -4.30. The molecule has 9 rings (SSSR count). The summed E-state index contributed by atoms with van der Waals surface area (Å²) < 4.78 is 9.13. The van der Waals surface area contributed by atoms with E-state index in [9.17, 15) is 0 Å². The first-order valence-electron chi connectivity index (χ1n) is 12.3. The van der Waals surface area contributed by atoms with E-state index in [1.165, 1.54) is 71.1 Å². The van der Waals surface area contributed by atoms with E-state index in [4.69, 9.17) is 4.42 Å². The van der Waals surface area contributed by atoms with Gasteiger partial charge in [-0.1, -0.05) is 80.6 Å². The molecule has 2 heteroatoms. The summed E-state index contributed by atoms with van der Waals surface area (Å²) in [5.74, 6) is 0. The van der Waals surface area contributed by atoms with Crippen LogP contribution in [0, 0.1) is 0 Å². The van der Waals surface area contributed by atoms with Crippen LogP contribution in [0.1, 0.15) is 25.0 Å². The Bertz CT molecular complexity index is 2190. The molecule has 0 N–H and O–H groups in total. The van der Waals surface area contributed by atoms with Gasteiger partial charge in [0, 0.05) is 32.3 Å². The fourth-order valence-corrected chi connectivity index (χ4v) is 7.09. The molecule has 1 aliphatic rings. The summed E-state index contributed by atoms with van der Waals surface area (Å²) >= 11 is 0. The van der Waals surface area contributed by atoms with Crippen LogP contribution in [0.2, 0.25) is 0 Å². The van der Waals surface area contributed by atoms with E-state index < -0.39 is 0 Å². The Labute approximate surface area is 201 Å². The zero-order chi connectivity index (χ0) is 23.1. The van der Waals surface area contributed by atoms with Crippen molar-refractivity contribution in [1.29, 1.82) is 0 Å². The van der Waals surface area contributed by atoms with Gasteiger partial charge in [0.25, 0.3) is 0 Å². The molecule has 1 aliphatic carbocycles. The minimum Gasteiger partial charge on any atom is -0.455 e. The predicted molar refractivity (Wildman–Crippen MR) is 146 cm³/mol. The van der Waals surface area contributed by atoms with Gasteiger partial charge in [-0.2, -0.15) is 0 Å². The van der Waals surface area contributed by atoms with Crippen LogP contribution in [0.3, 0.4) is 0 Å². The molecular formula is C33H21NO. The lowest BCUT2D eigenvalue weighted by Crippen LogP contribution is -2.15. The van der Waals surface area contributed by atoms with E-state index in [1.54, 1.807) is 0 Å². The number of nitrogens with zero attached hydrogens (tertiary/aromatic N) is 1. The summed E-state index contributed by atoms with van der Waals surface area (Å²) in [7, 11) is 0. The standard InChI is InChI=1S/C33H21NO/c1-33(2)24-12-6-3-9-18(24)21-15-16-26-28(30(21)33)29-31-22(19-10-4-7-13-25(19)34(26)31)17-23-20-11-5-8-14-27(20)35-32(23)29/h3-17H,1-2H3. The first kappa shape index (κ1) is 18.1. The number of fused-ring (bicyclic) bond motifs is 14. The number of rotatable bonds is 0. The summed E-state index contributed by atoms with van der Waals surface area (Å²) in [6.07, 6.45) is 0. The number of hydrogen-bond donors (Lipinski definition) is 0. The second kappa shape index (κ2) is 5.67. The molecule has 3 heterocycles. The van der Waals surface area contributed by atoms with Gasteiger partial charge in [0.05, 0.1) is 21.9 Å². The SMILES string of the molecule is CC1(C)c2ccccc2-c2ccc3c(c21)c1c2oc4ccccc4c2cc2c4ccccc4n3c21. The third-order valence-corrected chi connectivity index (χ3v) is 8.49. The smallest absolute Gasteiger partial charge is 0.145 e. The molecule has 0 amide bonds. The van der Waals surface area contributed by atoms with Gasteiger partial charge in [-0.15, -0.1) is 0 Å². The van der Waals surface area contributed by atoms with Crippen LogP contribution in [-0.4, -0.2) is 4.40 Å². The second-order valence-electron chi connectivity index (χ2n) is 10.5. The fourth-order valence-electron chi connectivity index (χ4n) is 7.09. The van der Waals surface area contributed by atoms with Crippen molar-refractivity contribution in [3.05, 3.63) is 102 Å². The first-order valence-corrected chi connectivity index (χ1v) is 12.3. The molecule has 0 spiro atoms. The lowest BCUT2D eigenvalue weighted by molar-refractivity contribution is 0.665. The predicted octanol–water partition coefficient (Wildman–Crippen LogP) is 9.04. The molecule has 0 fully saturated rings. The summed E-state index contributed by atoms with van der Waals surface area (Å²) in [6, 6.07) is 33.2. The number of hydrogen-bond acceptors (Lipinski definition) is 1. The number of benzene rings is 5. The van der Waals surface area contributed by atoms with Crippen molar-refractivity contribution in [3.63, 3.8) is 0 Å². The Morgan fingerprint density at radius 2 is 1.40 bits per heavy atom. The normalized spacial score (nSPS) is 14.8. The molecule has 0 unspecified atom stereocenters. The molecule has 3 aromatic heterocycles. The van der Waals surface area contributed by atoms with Gasteiger partial charge in [0.15, 0.2) is 0 Å². The lowest BCUT2D eigenvalue weighted by Gasteiger charge is -2.22. The molecule has 0 saturated heterocycles. The van der Waals surface area contributed by atoms with Gasteiger partial charge in [-0.25, -0.2) is 0 Å². The second-order valence-corrected chi connectivity index (χ2v) is 10.5. The molecule has 35 heavy (non-hydrogen) atoms. The van der Waals surface area contributed by atoms with E-state index in [0.29, 0.717) is 0 Å². The highest BCUT2D eigenvalue weighted by molar-refractivity contribution is 6.33. The molecule has 0 aliphatic heterocycles. The number of furan rings is 1. The topological polar surface area (TPSA) is 17.6 Å². The highest BCUT2D eigenvalue weighted by Gasteiger charge is 2.38. The van der Waals surface area contributed by atoms with Gasteiger partial charge < -0.3 is 8.82 Å². The molecule has 0 saturated carbocycles. The van der Waals surface area contributed by atoms with Crippen molar-refractivity contribution < 1.29 is 4.42 Å². The van der Waals surface area contributed by atoms with Crippen LogP contribution >= 0.6 is 0 Å². The van der Waals surface area contributed by atoms with Crippen LogP contribution in [-0.2, 0) is 5.41 Å². The van der Waals surface area contributed by atoms with E-state index in [0.717, 1.165) is 11.2 Å². The quantitative estimate of drug-likeness (QED) is 0.227. The summed E-state index contributed by atoms with van der Waals surface area (Å²) in [5.41, 5.74) is 11.2. The maximum absolute atomic E-state index is 6.66. The molecule has 5 aromatic carbocycles. The summed E-state index contributed by atoms with van der Waals surface area (Å²) in [4.78, 5) is 0. The van der Waals surface area contributed by atoms with Crippen molar-refractivity contribution in [2.24, 2.45) is 0 Å². The molecule has 0 radical (unpaired) electrons. The monoisotopic (exact) mass is 447 g/mol. The Morgan fingerprint density at radius 1 is 0.629 bits per heavy atom. The van der Waals surface area contributed by atoms with Crippen molar-refractivity contribution in [1.82, 2.24) is 4.40 Å². The third kappa shape index (κ3) is 1.89. The lowest BCUT2D eigenvalue weighted by atomic mass is 9.80. The average Bonchev–Trinajstić information content (AvgIpc) is 3.58. The van der Waals surface area contributed by atoms with Crippen LogP contribution in [0.5, 0.6) is 0 Å². The van der Waals surface area contributed by atoms with Gasteiger partial charge in [0.1, 0.15) is 11.2 Å². The number of aromatic nitrogens is 1. The van der Waals surface area contributed by atoms with E-state index in [1.807, 2.05) is 0 Å². The van der Waals surface area contributed by atoms with Gasteiger partial charge in [-0.3, -0.25) is 0 Å². The summed E-state index contributed by atoms with van der Waals surface area (Å²) in [6.45, 7) is 4.75. The fraction of sp³-hybridized carbons (Fsp3) is 0.0909. The van der Waals surface area contributed by atoms with Gasteiger partial charge in [-0.05, 0) is 46.5 Å².